The molecule has 1 rings (SSSR count). The second-order valence-electron chi connectivity index (χ2n) is 4.44. The lowest BCUT2D eigenvalue weighted by atomic mass is 9.95. The smallest absolute Gasteiger partial charge is 0.250 e. The quantitative estimate of drug-likeness (QED) is 0.735. The predicted molar refractivity (Wildman–Crippen MR) is 64.3 cm³/mol. The zero-order valence-corrected chi connectivity index (χ0v) is 10.6. The highest BCUT2D eigenvalue weighted by Crippen LogP contribution is 2.12. The molecule has 0 spiro atoms. The predicted octanol–water partition coefficient (Wildman–Crippen LogP) is 0.916. The average Bonchev–Trinajstić information content (AvgIpc) is 2.31. The van der Waals surface area contributed by atoms with Crippen molar-refractivity contribution in [2.75, 3.05) is 19.7 Å². The molecule has 1 aliphatic rings. The molecule has 16 heavy (non-hydrogen) atoms. The lowest BCUT2D eigenvalue weighted by Gasteiger charge is -2.27. The molecule has 1 fully saturated rings. The second kappa shape index (κ2) is 6.86. The van der Waals surface area contributed by atoms with Gasteiger partial charge in [-0.3, -0.25) is 4.79 Å². The number of morpholine rings is 1. The Bertz CT molecular complexity index is 211. The zero-order chi connectivity index (χ0) is 12.0. The van der Waals surface area contributed by atoms with Gasteiger partial charge in [0.2, 0.25) is 0 Å². The van der Waals surface area contributed by atoms with E-state index in [9.17, 15) is 4.79 Å². The fourth-order valence-electron chi connectivity index (χ4n) is 2.16. The molecule has 0 radical (unpaired) electrons. The van der Waals surface area contributed by atoms with E-state index in [0.29, 0.717) is 19.1 Å². The number of carbonyl (C=O) groups excluding carboxylic acids is 1. The Hall–Kier alpha value is -0.610. The topological polar surface area (TPSA) is 50.4 Å². The first kappa shape index (κ1) is 13.5. The molecule has 1 amide bonds. The fourth-order valence-corrected chi connectivity index (χ4v) is 2.16. The Balaban J connectivity index is 2.37. The molecule has 2 N–H and O–H groups in total. The third-order valence-corrected chi connectivity index (χ3v) is 3.35. The van der Waals surface area contributed by atoms with E-state index in [1.54, 1.807) is 0 Å². The van der Waals surface area contributed by atoms with Crippen molar-refractivity contribution in [2.24, 2.45) is 5.92 Å². The van der Waals surface area contributed by atoms with Crippen LogP contribution in [0.5, 0.6) is 0 Å². The van der Waals surface area contributed by atoms with Gasteiger partial charge in [0, 0.05) is 19.1 Å². The highest BCUT2D eigenvalue weighted by atomic mass is 16.5. The minimum Gasteiger partial charge on any atom is -0.366 e. The normalized spacial score (nSPS) is 23.1. The second-order valence-corrected chi connectivity index (χ2v) is 4.44. The third-order valence-electron chi connectivity index (χ3n) is 3.35. The summed E-state index contributed by atoms with van der Waals surface area (Å²) in [5, 5.41) is 6.21. The highest BCUT2D eigenvalue weighted by Gasteiger charge is 2.24. The van der Waals surface area contributed by atoms with Gasteiger partial charge in [0.1, 0.15) is 6.10 Å². The van der Waals surface area contributed by atoms with Gasteiger partial charge in [-0.2, -0.15) is 0 Å². The van der Waals surface area contributed by atoms with Crippen molar-refractivity contribution in [1.82, 2.24) is 10.6 Å². The van der Waals surface area contributed by atoms with Gasteiger partial charge in [-0.25, -0.2) is 0 Å². The van der Waals surface area contributed by atoms with Crippen LogP contribution in [-0.2, 0) is 9.53 Å². The number of ether oxygens (including phenoxy) is 1. The first-order valence-electron chi connectivity index (χ1n) is 6.31. The van der Waals surface area contributed by atoms with Crippen molar-refractivity contribution in [3.63, 3.8) is 0 Å². The molecule has 0 aliphatic carbocycles. The molecule has 1 saturated heterocycles. The van der Waals surface area contributed by atoms with E-state index < -0.39 is 0 Å². The number of nitrogens with one attached hydrogen (secondary N) is 2. The van der Waals surface area contributed by atoms with E-state index in [1.165, 1.54) is 0 Å². The first-order valence-corrected chi connectivity index (χ1v) is 6.31. The molecule has 0 aromatic heterocycles. The minimum absolute atomic E-state index is 0.0200. The van der Waals surface area contributed by atoms with Crippen LogP contribution < -0.4 is 10.6 Å². The van der Waals surface area contributed by atoms with E-state index in [2.05, 4.69) is 31.4 Å². The van der Waals surface area contributed by atoms with E-state index in [-0.39, 0.29) is 18.1 Å². The van der Waals surface area contributed by atoms with Crippen molar-refractivity contribution in [1.29, 1.82) is 0 Å². The Kier molecular flexibility index (Phi) is 5.77. The van der Waals surface area contributed by atoms with Crippen molar-refractivity contribution >= 4 is 5.91 Å². The maximum absolute atomic E-state index is 11.9. The van der Waals surface area contributed by atoms with Gasteiger partial charge < -0.3 is 15.4 Å². The number of amides is 1. The molecular formula is C12H24N2O2. The van der Waals surface area contributed by atoms with Crippen LogP contribution >= 0.6 is 0 Å². The molecule has 1 heterocycles. The molecule has 4 nitrogen and oxygen atoms in total. The van der Waals surface area contributed by atoms with E-state index in [0.717, 1.165) is 19.4 Å². The van der Waals surface area contributed by atoms with Crippen molar-refractivity contribution in [3.05, 3.63) is 0 Å². The maximum atomic E-state index is 11.9. The molecule has 94 valence electrons. The SMILES string of the molecule is CCC(CC)C(C)NC(=O)C1CNCCO1. The lowest BCUT2D eigenvalue weighted by molar-refractivity contribution is -0.135. The fraction of sp³-hybridized carbons (Fsp3) is 0.917. The van der Waals surface area contributed by atoms with Crippen molar-refractivity contribution in [3.8, 4) is 0 Å². The van der Waals surface area contributed by atoms with Crippen LogP contribution in [0.25, 0.3) is 0 Å². The van der Waals surface area contributed by atoms with Gasteiger partial charge in [0.15, 0.2) is 0 Å². The Morgan fingerprint density at radius 3 is 2.69 bits per heavy atom. The summed E-state index contributed by atoms with van der Waals surface area (Å²) in [6, 6.07) is 0.230. The van der Waals surface area contributed by atoms with Crippen LogP contribution in [0.4, 0.5) is 0 Å². The lowest BCUT2D eigenvalue weighted by Crippen LogP contribution is -2.51. The number of rotatable bonds is 5. The largest absolute Gasteiger partial charge is 0.366 e. The minimum atomic E-state index is -0.314. The third kappa shape index (κ3) is 3.76. The van der Waals surface area contributed by atoms with Gasteiger partial charge in [-0.1, -0.05) is 26.7 Å². The number of hydrogen-bond donors (Lipinski definition) is 2. The summed E-state index contributed by atoms with van der Waals surface area (Å²) < 4.78 is 5.41. The van der Waals surface area contributed by atoms with Crippen LogP contribution in [0.1, 0.15) is 33.6 Å². The van der Waals surface area contributed by atoms with Crippen LogP contribution in [0.15, 0.2) is 0 Å². The highest BCUT2D eigenvalue weighted by molar-refractivity contribution is 5.81. The molecule has 4 heteroatoms. The standard InChI is InChI=1S/C12H24N2O2/c1-4-10(5-2)9(3)14-12(15)11-8-13-6-7-16-11/h9-11,13H,4-8H2,1-3H3,(H,14,15). The summed E-state index contributed by atoms with van der Waals surface area (Å²) >= 11 is 0. The maximum Gasteiger partial charge on any atom is 0.250 e. The molecule has 1 aliphatic heterocycles. The molecule has 2 atom stereocenters. The van der Waals surface area contributed by atoms with Crippen molar-refractivity contribution < 1.29 is 9.53 Å². The first-order chi connectivity index (χ1) is 7.69. The summed E-state index contributed by atoms with van der Waals surface area (Å²) in [4.78, 5) is 11.9. The monoisotopic (exact) mass is 228 g/mol. The van der Waals surface area contributed by atoms with E-state index in [4.69, 9.17) is 4.74 Å². The molecule has 0 aromatic carbocycles. The van der Waals surface area contributed by atoms with Crippen LogP contribution in [0.3, 0.4) is 0 Å². The molecule has 0 bridgehead atoms. The Morgan fingerprint density at radius 1 is 1.50 bits per heavy atom. The van der Waals surface area contributed by atoms with Gasteiger partial charge in [0.25, 0.3) is 5.91 Å². The van der Waals surface area contributed by atoms with E-state index in [1.807, 2.05) is 0 Å². The molecular weight excluding hydrogens is 204 g/mol. The Labute approximate surface area is 98.1 Å². The van der Waals surface area contributed by atoms with Crippen LogP contribution in [0.2, 0.25) is 0 Å². The van der Waals surface area contributed by atoms with Gasteiger partial charge in [-0.15, -0.1) is 0 Å². The van der Waals surface area contributed by atoms with Gasteiger partial charge >= 0.3 is 0 Å². The summed E-state index contributed by atoms with van der Waals surface area (Å²) in [6.45, 7) is 8.49. The van der Waals surface area contributed by atoms with Crippen LogP contribution in [-0.4, -0.2) is 37.7 Å². The van der Waals surface area contributed by atoms with E-state index >= 15 is 0 Å². The molecule has 0 saturated carbocycles. The van der Waals surface area contributed by atoms with Gasteiger partial charge in [0.05, 0.1) is 6.61 Å². The number of hydrogen-bond acceptors (Lipinski definition) is 3. The Morgan fingerprint density at radius 2 is 2.19 bits per heavy atom. The summed E-state index contributed by atoms with van der Waals surface area (Å²) in [7, 11) is 0. The average molecular weight is 228 g/mol. The summed E-state index contributed by atoms with van der Waals surface area (Å²) in [6.07, 6.45) is 1.88. The zero-order valence-electron chi connectivity index (χ0n) is 10.6. The van der Waals surface area contributed by atoms with Crippen LogP contribution in [0, 0.1) is 5.92 Å². The number of carbonyl (C=O) groups is 1. The summed E-state index contributed by atoms with van der Waals surface area (Å²) in [5.41, 5.74) is 0. The van der Waals surface area contributed by atoms with Gasteiger partial charge in [-0.05, 0) is 12.8 Å². The van der Waals surface area contributed by atoms with Crippen molar-refractivity contribution in [2.45, 2.75) is 45.8 Å². The summed E-state index contributed by atoms with van der Waals surface area (Å²) in [5.74, 6) is 0.576. The molecule has 2 unspecified atom stereocenters. The molecule has 0 aromatic rings.